The molecule has 0 heterocycles. The first-order valence-electron chi connectivity index (χ1n) is 13.3. The molecule has 34 heavy (non-hydrogen) atoms. The number of unbranched alkanes of at least 4 members (excludes halogenated alkanes) is 9. The first kappa shape index (κ1) is 32.2. The molecule has 0 bridgehead atoms. The van der Waals surface area contributed by atoms with Gasteiger partial charge in [-0.1, -0.05) is 44.9 Å². The van der Waals surface area contributed by atoms with E-state index in [2.05, 4.69) is 0 Å². The van der Waals surface area contributed by atoms with Crippen molar-refractivity contribution in [2.45, 2.75) is 110 Å². The van der Waals surface area contributed by atoms with Crippen LogP contribution in [-0.2, 0) is 23.9 Å². The molecule has 0 fully saturated rings. The Labute approximate surface area is 207 Å². The van der Waals surface area contributed by atoms with Crippen molar-refractivity contribution in [3.8, 4) is 0 Å². The topological polar surface area (TPSA) is 101 Å². The second-order valence-electron chi connectivity index (χ2n) is 10.3. The second kappa shape index (κ2) is 19.5. The van der Waals surface area contributed by atoms with Crippen LogP contribution in [0, 0.1) is 5.92 Å². The second-order valence-corrected chi connectivity index (χ2v) is 10.3. The highest BCUT2D eigenvalue weighted by Gasteiger charge is 2.22. The highest BCUT2D eigenvalue weighted by atomic mass is 16.5. The van der Waals surface area contributed by atoms with Crippen LogP contribution in [0.3, 0.4) is 0 Å². The molecule has 198 valence electrons. The summed E-state index contributed by atoms with van der Waals surface area (Å²) in [6, 6.07) is 0. The fraction of sp³-hybridized carbons (Fsp3) is 0.852. The molecule has 7 heteroatoms. The summed E-state index contributed by atoms with van der Waals surface area (Å²) in [4.78, 5) is 46.4. The maximum Gasteiger partial charge on any atom is 0.309 e. The predicted molar refractivity (Wildman–Crippen MR) is 132 cm³/mol. The Morgan fingerprint density at radius 1 is 0.794 bits per heavy atom. The molecular formula is C27H49NO6. The standard InChI is InChI=1S/C27H49NO6/c1-5-34-27(33)24(18-14-12-13-17-23(2)29)21-25(30)19-15-10-8-6-7-9-11-16-20-28(3,4)22-26(31)32/h24H,5-22H2,1-4H3. The van der Waals surface area contributed by atoms with E-state index >= 15 is 0 Å². The van der Waals surface area contributed by atoms with E-state index in [1.807, 2.05) is 14.1 Å². The number of carboxylic acids is 1. The Morgan fingerprint density at radius 2 is 1.32 bits per heavy atom. The third-order valence-corrected chi connectivity index (χ3v) is 6.20. The van der Waals surface area contributed by atoms with Crippen molar-refractivity contribution in [1.82, 2.24) is 0 Å². The van der Waals surface area contributed by atoms with E-state index in [4.69, 9.17) is 4.74 Å². The van der Waals surface area contributed by atoms with Gasteiger partial charge in [-0.05, 0) is 46.0 Å². The van der Waals surface area contributed by atoms with Gasteiger partial charge in [-0.25, -0.2) is 0 Å². The molecule has 0 radical (unpaired) electrons. The van der Waals surface area contributed by atoms with Crippen molar-refractivity contribution in [1.29, 1.82) is 0 Å². The lowest BCUT2D eigenvalue weighted by molar-refractivity contribution is -0.885. The summed E-state index contributed by atoms with van der Waals surface area (Å²) >= 11 is 0. The minimum atomic E-state index is -0.999. The molecule has 0 aromatic carbocycles. The van der Waals surface area contributed by atoms with Gasteiger partial charge in [0.25, 0.3) is 0 Å². The Hall–Kier alpha value is -1.76. The predicted octanol–water partition coefficient (Wildman–Crippen LogP) is 4.00. The zero-order valence-corrected chi connectivity index (χ0v) is 22.2. The van der Waals surface area contributed by atoms with Crippen LogP contribution in [0.1, 0.15) is 110 Å². The smallest absolute Gasteiger partial charge is 0.309 e. The third kappa shape index (κ3) is 19.7. The number of carbonyl (C=O) groups excluding carboxylic acids is 4. The van der Waals surface area contributed by atoms with Gasteiger partial charge < -0.3 is 23.9 Å². The van der Waals surface area contributed by atoms with E-state index in [0.29, 0.717) is 30.4 Å². The van der Waals surface area contributed by atoms with Crippen molar-refractivity contribution in [3.63, 3.8) is 0 Å². The first-order valence-corrected chi connectivity index (χ1v) is 13.3. The lowest BCUT2D eigenvalue weighted by atomic mass is 9.93. The molecule has 0 amide bonds. The molecule has 0 saturated heterocycles. The van der Waals surface area contributed by atoms with Gasteiger partial charge in [0.15, 0.2) is 0 Å². The fourth-order valence-corrected chi connectivity index (χ4v) is 4.23. The lowest BCUT2D eigenvalue weighted by Crippen LogP contribution is -2.48. The molecule has 1 unspecified atom stereocenters. The summed E-state index contributed by atoms with van der Waals surface area (Å²) in [5, 5.41) is 10.7. The number of esters is 1. The first-order chi connectivity index (χ1) is 16.1. The van der Waals surface area contributed by atoms with Crippen LogP contribution >= 0.6 is 0 Å². The fourth-order valence-electron chi connectivity index (χ4n) is 4.23. The number of carboxylic acid groups (broad SMARTS) is 1. The number of rotatable bonds is 23. The van der Waals surface area contributed by atoms with Gasteiger partial charge >= 0.3 is 5.97 Å². The molecule has 7 nitrogen and oxygen atoms in total. The average Bonchev–Trinajstić information content (AvgIpc) is 2.72. The number of ether oxygens (including phenoxy) is 1. The van der Waals surface area contributed by atoms with Gasteiger partial charge in [0.05, 0.1) is 39.1 Å². The number of aliphatic carboxylic acids is 1. The number of quaternary nitrogens is 1. The lowest BCUT2D eigenvalue weighted by Gasteiger charge is -2.30. The van der Waals surface area contributed by atoms with E-state index in [9.17, 15) is 24.3 Å². The Morgan fingerprint density at radius 3 is 1.88 bits per heavy atom. The molecule has 0 aliphatic rings. The third-order valence-electron chi connectivity index (χ3n) is 6.20. The molecule has 0 N–H and O–H groups in total. The number of Topliss-reactive ketones (excluding diaryl/α,β-unsaturated/α-hetero) is 2. The van der Waals surface area contributed by atoms with Crippen molar-refractivity contribution < 1.29 is 33.5 Å². The Bertz CT molecular complexity index is 602. The SMILES string of the molecule is CCOC(=O)C(CCCCCC(C)=O)CC(=O)CCCCCCCCCC[N+](C)(C)CC(=O)[O-]. The van der Waals surface area contributed by atoms with E-state index in [1.54, 1.807) is 13.8 Å². The van der Waals surface area contributed by atoms with Crippen molar-refractivity contribution in [2.24, 2.45) is 5.92 Å². The minimum absolute atomic E-state index is 0.0559. The molecule has 0 saturated carbocycles. The summed E-state index contributed by atoms with van der Waals surface area (Å²) in [5.74, 6) is -1.31. The molecule has 0 aromatic rings. The highest BCUT2D eigenvalue weighted by Crippen LogP contribution is 2.19. The van der Waals surface area contributed by atoms with Gasteiger partial charge in [-0.15, -0.1) is 0 Å². The molecule has 0 spiro atoms. The van der Waals surface area contributed by atoms with E-state index in [1.165, 1.54) is 0 Å². The van der Waals surface area contributed by atoms with Gasteiger partial charge in [0, 0.05) is 19.3 Å². The van der Waals surface area contributed by atoms with Crippen LogP contribution in [0.25, 0.3) is 0 Å². The number of ketones is 2. The maximum absolute atomic E-state index is 12.4. The molecule has 0 rings (SSSR count). The van der Waals surface area contributed by atoms with Crippen LogP contribution in [0.2, 0.25) is 0 Å². The molecule has 0 aliphatic heterocycles. The number of hydrogen-bond donors (Lipinski definition) is 0. The highest BCUT2D eigenvalue weighted by molar-refractivity contribution is 5.84. The molecular weight excluding hydrogens is 434 g/mol. The Balaban J connectivity index is 3.92. The van der Waals surface area contributed by atoms with Crippen molar-refractivity contribution >= 4 is 23.5 Å². The zero-order valence-electron chi connectivity index (χ0n) is 22.2. The van der Waals surface area contributed by atoms with E-state index in [-0.39, 0.29) is 36.4 Å². The summed E-state index contributed by atoms with van der Waals surface area (Å²) in [6.45, 7) is 4.60. The average molecular weight is 484 g/mol. The zero-order chi connectivity index (χ0) is 25.8. The summed E-state index contributed by atoms with van der Waals surface area (Å²) in [7, 11) is 3.84. The number of likely N-dealkylation sites (N-methyl/N-ethyl adjacent to an activating group) is 1. The van der Waals surface area contributed by atoms with Crippen LogP contribution in [0.4, 0.5) is 0 Å². The van der Waals surface area contributed by atoms with Gasteiger partial charge in [-0.2, -0.15) is 0 Å². The molecule has 1 atom stereocenters. The van der Waals surface area contributed by atoms with Gasteiger partial charge in [0.2, 0.25) is 0 Å². The molecule has 0 aromatic heterocycles. The van der Waals surface area contributed by atoms with Gasteiger partial charge in [0.1, 0.15) is 18.1 Å². The van der Waals surface area contributed by atoms with Crippen LogP contribution in [0.5, 0.6) is 0 Å². The van der Waals surface area contributed by atoms with Gasteiger partial charge in [-0.3, -0.25) is 9.59 Å². The van der Waals surface area contributed by atoms with Crippen molar-refractivity contribution in [2.75, 3.05) is 33.8 Å². The van der Waals surface area contributed by atoms with Crippen molar-refractivity contribution in [3.05, 3.63) is 0 Å². The Kier molecular flexibility index (Phi) is 18.5. The van der Waals surface area contributed by atoms with Crippen LogP contribution < -0.4 is 5.11 Å². The monoisotopic (exact) mass is 483 g/mol. The number of carbonyl (C=O) groups is 4. The van der Waals surface area contributed by atoms with E-state index in [0.717, 1.165) is 77.2 Å². The van der Waals surface area contributed by atoms with E-state index < -0.39 is 5.97 Å². The summed E-state index contributed by atoms with van der Waals surface area (Å²) < 4.78 is 5.62. The summed E-state index contributed by atoms with van der Waals surface area (Å²) in [6.07, 6.45) is 13.1. The normalized spacial score (nSPS) is 12.4. The maximum atomic E-state index is 12.4. The largest absolute Gasteiger partial charge is 0.544 e. The number of nitrogens with zero attached hydrogens (tertiary/aromatic N) is 1. The minimum Gasteiger partial charge on any atom is -0.544 e. The quantitative estimate of drug-likeness (QED) is 0.124. The summed E-state index contributed by atoms with van der Waals surface area (Å²) in [5.41, 5.74) is 0. The van der Waals surface area contributed by atoms with Crippen LogP contribution in [0.15, 0.2) is 0 Å². The number of hydrogen-bond acceptors (Lipinski definition) is 6. The molecule has 0 aliphatic carbocycles. The van der Waals surface area contributed by atoms with Crippen LogP contribution in [-0.4, -0.2) is 61.8 Å².